The topological polar surface area (TPSA) is 69.4 Å². The molecule has 0 amide bonds. The Morgan fingerprint density at radius 3 is 3.00 bits per heavy atom. The van der Waals surface area contributed by atoms with Gasteiger partial charge in [-0.3, -0.25) is 9.20 Å². The highest BCUT2D eigenvalue weighted by Gasteiger charge is 2.25. The zero-order chi connectivity index (χ0) is 18.3. The molecule has 0 fully saturated rings. The summed E-state index contributed by atoms with van der Waals surface area (Å²) >= 11 is 3.17. The Kier molecular flexibility index (Phi) is 4.88. The number of aryl methyl sites for hydroxylation is 2. The van der Waals surface area contributed by atoms with Crippen molar-refractivity contribution in [3.8, 4) is 0 Å². The first-order valence-corrected chi connectivity index (χ1v) is 10.9. The van der Waals surface area contributed by atoms with Gasteiger partial charge in [0.25, 0.3) is 0 Å². The van der Waals surface area contributed by atoms with Crippen LogP contribution in [0, 0.1) is 5.92 Å². The molecule has 0 N–H and O–H groups in total. The van der Waals surface area contributed by atoms with Gasteiger partial charge < -0.3 is 4.74 Å². The van der Waals surface area contributed by atoms with Crippen LogP contribution in [0.25, 0.3) is 15.9 Å². The molecule has 1 aliphatic carbocycles. The van der Waals surface area contributed by atoms with Gasteiger partial charge in [-0.2, -0.15) is 0 Å². The number of rotatable bonds is 5. The van der Waals surface area contributed by atoms with Gasteiger partial charge in [0.1, 0.15) is 10.7 Å². The van der Waals surface area contributed by atoms with E-state index in [1.54, 1.807) is 0 Å². The zero-order valence-corrected chi connectivity index (χ0v) is 16.9. The number of thiophene rings is 1. The third-order valence-corrected chi connectivity index (χ3v) is 6.83. The van der Waals surface area contributed by atoms with Crippen molar-refractivity contribution in [2.24, 2.45) is 5.92 Å². The third-order valence-electron chi connectivity index (χ3n) is 4.78. The van der Waals surface area contributed by atoms with Crippen LogP contribution < -0.4 is 0 Å². The summed E-state index contributed by atoms with van der Waals surface area (Å²) in [4.78, 5) is 19.1. The molecule has 0 saturated heterocycles. The zero-order valence-electron chi connectivity index (χ0n) is 15.2. The second-order valence-electron chi connectivity index (χ2n) is 6.65. The lowest BCUT2D eigenvalue weighted by atomic mass is 9.89. The number of carbonyl (C=O) groups is 1. The quantitative estimate of drug-likeness (QED) is 0.489. The number of carbonyl (C=O) groups excluding carboxylic acids is 1. The maximum atomic E-state index is 11.7. The van der Waals surface area contributed by atoms with E-state index in [1.165, 1.54) is 28.6 Å². The number of esters is 1. The highest BCUT2D eigenvalue weighted by molar-refractivity contribution is 7.99. The second kappa shape index (κ2) is 7.15. The van der Waals surface area contributed by atoms with Crippen molar-refractivity contribution in [2.75, 3.05) is 12.4 Å². The van der Waals surface area contributed by atoms with Crippen molar-refractivity contribution in [1.29, 1.82) is 0 Å². The van der Waals surface area contributed by atoms with Crippen LogP contribution in [-0.4, -0.2) is 37.9 Å². The van der Waals surface area contributed by atoms with Gasteiger partial charge in [-0.05, 0) is 37.7 Å². The highest BCUT2D eigenvalue weighted by atomic mass is 32.2. The molecule has 0 aliphatic heterocycles. The number of hydrogen-bond donors (Lipinski definition) is 0. The van der Waals surface area contributed by atoms with Crippen LogP contribution in [0.3, 0.4) is 0 Å². The van der Waals surface area contributed by atoms with Crippen molar-refractivity contribution >= 4 is 44.9 Å². The number of aromatic nitrogens is 4. The molecule has 0 saturated carbocycles. The summed E-state index contributed by atoms with van der Waals surface area (Å²) in [5, 5.41) is 10.7. The summed E-state index contributed by atoms with van der Waals surface area (Å²) in [7, 11) is 0. The fourth-order valence-electron chi connectivity index (χ4n) is 3.53. The fourth-order valence-corrected chi connectivity index (χ4v) is 5.68. The fraction of sp³-hybridized carbons (Fsp3) is 0.556. The molecular formula is C18H22N4O2S2. The Morgan fingerprint density at radius 2 is 2.23 bits per heavy atom. The average molecular weight is 391 g/mol. The molecule has 138 valence electrons. The first kappa shape index (κ1) is 17.7. The van der Waals surface area contributed by atoms with E-state index in [-0.39, 0.29) is 11.7 Å². The second-order valence-corrected chi connectivity index (χ2v) is 8.67. The highest BCUT2D eigenvalue weighted by Crippen LogP contribution is 2.39. The van der Waals surface area contributed by atoms with Gasteiger partial charge in [-0.25, -0.2) is 4.98 Å². The maximum absolute atomic E-state index is 11.7. The van der Waals surface area contributed by atoms with Gasteiger partial charge in [0.2, 0.25) is 0 Å². The molecule has 8 heteroatoms. The molecule has 3 aromatic heterocycles. The van der Waals surface area contributed by atoms with Gasteiger partial charge in [-0.1, -0.05) is 25.6 Å². The van der Waals surface area contributed by atoms with Crippen LogP contribution in [0.1, 0.15) is 43.5 Å². The van der Waals surface area contributed by atoms with E-state index in [0.29, 0.717) is 11.8 Å². The van der Waals surface area contributed by atoms with E-state index in [4.69, 9.17) is 9.72 Å². The van der Waals surface area contributed by atoms with Crippen LogP contribution >= 0.6 is 23.1 Å². The SMILES string of the molecule is CCOC(=O)CSc1nnc2c3c4c(sc3nc(CC)n12)C[C@H](C)CC4. The van der Waals surface area contributed by atoms with Crippen LogP contribution in [0.2, 0.25) is 0 Å². The minimum atomic E-state index is -0.233. The maximum Gasteiger partial charge on any atom is 0.316 e. The lowest BCUT2D eigenvalue weighted by Gasteiger charge is -2.17. The summed E-state index contributed by atoms with van der Waals surface area (Å²) in [5.74, 6) is 1.67. The summed E-state index contributed by atoms with van der Waals surface area (Å²) in [6.07, 6.45) is 4.20. The molecule has 0 unspecified atom stereocenters. The van der Waals surface area contributed by atoms with E-state index >= 15 is 0 Å². The molecule has 4 rings (SSSR count). The van der Waals surface area contributed by atoms with Crippen LogP contribution in [0.15, 0.2) is 5.16 Å². The molecule has 0 spiro atoms. The minimum Gasteiger partial charge on any atom is -0.465 e. The van der Waals surface area contributed by atoms with Crippen molar-refractivity contribution in [3.63, 3.8) is 0 Å². The monoisotopic (exact) mass is 390 g/mol. The molecular weight excluding hydrogens is 368 g/mol. The van der Waals surface area contributed by atoms with E-state index in [0.717, 1.165) is 46.9 Å². The van der Waals surface area contributed by atoms with Gasteiger partial charge in [0.05, 0.1) is 17.7 Å². The Balaban J connectivity index is 1.82. The molecule has 0 radical (unpaired) electrons. The van der Waals surface area contributed by atoms with Crippen molar-refractivity contribution in [2.45, 2.75) is 51.6 Å². The number of fused-ring (bicyclic) bond motifs is 5. The molecule has 0 bridgehead atoms. The van der Waals surface area contributed by atoms with E-state index in [2.05, 4.69) is 24.0 Å². The van der Waals surface area contributed by atoms with Crippen LogP contribution in [0.4, 0.5) is 0 Å². The molecule has 1 atom stereocenters. The molecule has 26 heavy (non-hydrogen) atoms. The first-order chi connectivity index (χ1) is 12.6. The number of nitrogens with zero attached hydrogens (tertiary/aromatic N) is 4. The van der Waals surface area contributed by atoms with Crippen molar-refractivity contribution in [3.05, 3.63) is 16.3 Å². The van der Waals surface area contributed by atoms with Gasteiger partial charge in [-0.15, -0.1) is 21.5 Å². The van der Waals surface area contributed by atoms with E-state index in [9.17, 15) is 4.79 Å². The van der Waals surface area contributed by atoms with Gasteiger partial charge >= 0.3 is 5.97 Å². The normalized spacial score (nSPS) is 17.0. The molecule has 0 aromatic carbocycles. The lowest BCUT2D eigenvalue weighted by Crippen LogP contribution is -2.09. The van der Waals surface area contributed by atoms with Crippen LogP contribution in [0.5, 0.6) is 0 Å². The molecule has 3 heterocycles. The van der Waals surface area contributed by atoms with Crippen LogP contribution in [-0.2, 0) is 28.8 Å². The smallest absolute Gasteiger partial charge is 0.316 e. The lowest BCUT2D eigenvalue weighted by molar-refractivity contribution is -0.139. The van der Waals surface area contributed by atoms with E-state index in [1.807, 2.05) is 22.7 Å². The predicted octanol–water partition coefficient (Wildman–Crippen LogP) is 3.68. The number of thioether (sulfide) groups is 1. The van der Waals surface area contributed by atoms with E-state index < -0.39 is 0 Å². The van der Waals surface area contributed by atoms with Gasteiger partial charge in [0, 0.05) is 11.3 Å². The number of ether oxygens (including phenoxy) is 1. The molecule has 1 aliphatic rings. The predicted molar refractivity (Wildman–Crippen MR) is 104 cm³/mol. The first-order valence-electron chi connectivity index (χ1n) is 9.09. The summed E-state index contributed by atoms with van der Waals surface area (Å²) in [6.45, 7) is 6.60. The Labute approximate surface area is 160 Å². The summed E-state index contributed by atoms with van der Waals surface area (Å²) in [6, 6.07) is 0. The molecule has 3 aromatic rings. The summed E-state index contributed by atoms with van der Waals surface area (Å²) < 4.78 is 7.04. The molecule has 6 nitrogen and oxygen atoms in total. The Morgan fingerprint density at radius 1 is 1.38 bits per heavy atom. The van der Waals surface area contributed by atoms with Crippen molar-refractivity contribution < 1.29 is 9.53 Å². The summed E-state index contributed by atoms with van der Waals surface area (Å²) in [5.41, 5.74) is 2.28. The minimum absolute atomic E-state index is 0.231. The Bertz CT molecular complexity index is 979. The van der Waals surface area contributed by atoms with Gasteiger partial charge in [0.15, 0.2) is 10.8 Å². The standard InChI is InChI=1S/C18H22N4O2S2/c1-4-13-19-17-15(11-7-6-10(3)8-12(11)26-17)16-20-21-18(22(13)16)25-9-14(23)24-5-2/h10H,4-9H2,1-3H3/t10-/m1/s1. The third kappa shape index (κ3) is 2.99. The average Bonchev–Trinajstić information content (AvgIpc) is 3.19. The largest absolute Gasteiger partial charge is 0.465 e. The number of hydrogen-bond acceptors (Lipinski definition) is 7. The van der Waals surface area contributed by atoms with Crippen molar-refractivity contribution in [1.82, 2.24) is 19.6 Å². The Hall–Kier alpha value is -1.67.